The summed E-state index contributed by atoms with van der Waals surface area (Å²) >= 11 is 3.00. The van der Waals surface area contributed by atoms with Crippen LogP contribution < -0.4 is 4.74 Å². The van der Waals surface area contributed by atoms with Gasteiger partial charge in [0.05, 0.1) is 10.0 Å². The van der Waals surface area contributed by atoms with Crippen molar-refractivity contribution in [2.45, 2.75) is 6.61 Å². The Morgan fingerprint density at radius 2 is 1.61 bits per heavy atom. The van der Waals surface area contributed by atoms with Crippen LogP contribution in [0.25, 0.3) is 0 Å². The summed E-state index contributed by atoms with van der Waals surface area (Å²) in [6.07, 6.45) is 0. The fraction of sp³-hybridized carbons (Fsp3) is 0.0769. The lowest BCUT2D eigenvalue weighted by Crippen LogP contribution is -2.02. The van der Waals surface area contributed by atoms with Crippen molar-refractivity contribution >= 4 is 15.9 Å². The quantitative estimate of drug-likeness (QED) is 0.813. The monoisotopic (exact) mass is 316 g/mol. The lowest BCUT2D eigenvalue weighted by molar-refractivity contribution is 0.291. The first-order valence-electron chi connectivity index (χ1n) is 5.08. The van der Waals surface area contributed by atoms with Crippen molar-refractivity contribution in [2.75, 3.05) is 0 Å². The second kappa shape index (κ2) is 5.44. The van der Waals surface area contributed by atoms with Gasteiger partial charge in [0, 0.05) is 6.07 Å². The van der Waals surface area contributed by atoms with Crippen LogP contribution in [0.3, 0.4) is 0 Å². The van der Waals surface area contributed by atoms with Crippen LogP contribution >= 0.6 is 15.9 Å². The summed E-state index contributed by atoms with van der Waals surface area (Å²) in [5.41, 5.74) is -0.180. The standard InChI is InChI=1S/C13H8BrF3O/c14-10-5-4-8(6-13(10)17)18-7-9-11(15)2-1-3-12(9)16/h1-6H,7H2. The second-order valence-corrected chi connectivity index (χ2v) is 4.42. The highest BCUT2D eigenvalue weighted by Gasteiger charge is 2.09. The van der Waals surface area contributed by atoms with E-state index in [0.717, 1.165) is 18.2 Å². The molecule has 18 heavy (non-hydrogen) atoms. The molecule has 0 aliphatic heterocycles. The van der Waals surface area contributed by atoms with Gasteiger partial charge >= 0.3 is 0 Å². The van der Waals surface area contributed by atoms with Crippen LogP contribution in [-0.4, -0.2) is 0 Å². The SMILES string of the molecule is Fc1cc(OCc2c(F)cccc2F)ccc1Br. The molecule has 5 heteroatoms. The molecule has 0 heterocycles. The molecule has 0 bridgehead atoms. The molecule has 0 aliphatic carbocycles. The first kappa shape index (κ1) is 13.0. The van der Waals surface area contributed by atoms with Crippen molar-refractivity contribution in [3.05, 3.63) is 63.9 Å². The molecule has 0 unspecified atom stereocenters. The summed E-state index contributed by atoms with van der Waals surface area (Å²) in [6, 6.07) is 7.67. The topological polar surface area (TPSA) is 9.23 Å². The minimum atomic E-state index is -0.687. The summed E-state index contributed by atoms with van der Waals surface area (Å²) in [6.45, 7) is -0.292. The van der Waals surface area contributed by atoms with Gasteiger partial charge in [0.15, 0.2) is 0 Å². The predicted molar refractivity (Wildman–Crippen MR) is 64.8 cm³/mol. The molecule has 2 rings (SSSR count). The minimum absolute atomic E-state index is 0.180. The Kier molecular flexibility index (Phi) is 3.91. The first-order valence-corrected chi connectivity index (χ1v) is 5.88. The van der Waals surface area contributed by atoms with E-state index >= 15 is 0 Å². The van der Waals surface area contributed by atoms with Gasteiger partial charge in [-0.3, -0.25) is 0 Å². The molecular formula is C13H8BrF3O. The van der Waals surface area contributed by atoms with E-state index < -0.39 is 17.5 Å². The third kappa shape index (κ3) is 2.85. The zero-order valence-corrected chi connectivity index (χ0v) is 10.7. The maximum atomic E-state index is 13.3. The highest BCUT2D eigenvalue weighted by molar-refractivity contribution is 9.10. The van der Waals surface area contributed by atoms with E-state index in [1.165, 1.54) is 18.2 Å². The predicted octanol–water partition coefficient (Wildman–Crippen LogP) is 4.45. The molecule has 0 saturated heterocycles. The van der Waals surface area contributed by atoms with E-state index in [1.54, 1.807) is 0 Å². The molecule has 0 atom stereocenters. The van der Waals surface area contributed by atoms with E-state index in [-0.39, 0.29) is 17.9 Å². The summed E-state index contributed by atoms with van der Waals surface area (Å²) < 4.78 is 45.2. The van der Waals surface area contributed by atoms with E-state index in [0.29, 0.717) is 4.47 Å². The maximum absolute atomic E-state index is 13.3. The highest BCUT2D eigenvalue weighted by atomic mass is 79.9. The average Bonchev–Trinajstić information content (AvgIpc) is 2.33. The molecule has 0 spiro atoms. The molecule has 0 aromatic heterocycles. The zero-order valence-electron chi connectivity index (χ0n) is 9.09. The van der Waals surface area contributed by atoms with Crippen molar-refractivity contribution in [1.29, 1.82) is 0 Å². The van der Waals surface area contributed by atoms with Crippen molar-refractivity contribution < 1.29 is 17.9 Å². The molecule has 0 amide bonds. The van der Waals surface area contributed by atoms with Crippen LogP contribution in [0.1, 0.15) is 5.56 Å². The van der Waals surface area contributed by atoms with Gasteiger partial charge < -0.3 is 4.74 Å². The number of hydrogen-bond donors (Lipinski definition) is 0. The number of ether oxygens (including phenoxy) is 1. The number of rotatable bonds is 3. The van der Waals surface area contributed by atoms with Gasteiger partial charge in [0.1, 0.15) is 29.8 Å². The lowest BCUT2D eigenvalue weighted by Gasteiger charge is -2.08. The molecule has 0 N–H and O–H groups in total. The fourth-order valence-corrected chi connectivity index (χ4v) is 1.64. The van der Waals surface area contributed by atoms with Crippen LogP contribution in [0.5, 0.6) is 5.75 Å². The molecule has 0 fully saturated rings. The Bertz CT molecular complexity index is 552. The van der Waals surface area contributed by atoms with Gasteiger partial charge in [-0.1, -0.05) is 6.07 Å². The second-order valence-electron chi connectivity index (χ2n) is 3.56. The Hall–Kier alpha value is -1.49. The molecule has 0 aliphatic rings. The van der Waals surface area contributed by atoms with E-state index in [4.69, 9.17) is 4.74 Å². The normalized spacial score (nSPS) is 10.4. The van der Waals surface area contributed by atoms with Crippen molar-refractivity contribution in [3.63, 3.8) is 0 Å². The van der Waals surface area contributed by atoms with Crippen molar-refractivity contribution in [2.24, 2.45) is 0 Å². The Morgan fingerprint density at radius 3 is 2.22 bits per heavy atom. The lowest BCUT2D eigenvalue weighted by atomic mass is 10.2. The van der Waals surface area contributed by atoms with Crippen molar-refractivity contribution in [3.8, 4) is 5.75 Å². The Morgan fingerprint density at radius 1 is 0.944 bits per heavy atom. The van der Waals surface area contributed by atoms with Gasteiger partial charge in [0.2, 0.25) is 0 Å². The number of halogens is 4. The van der Waals surface area contributed by atoms with Gasteiger partial charge in [-0.15, -0.1) is 0 Å². The Labute approximate surface area is 110 Å². The van der Waals surface area contributed by atoms with Gasteiger partial charge in [0.25, 0.3) is 0 Å². The molecule has 1 nitrogen and oxygen atoms in total. The molecule has 94 valence electrons. The molecule has 2 aromatic rings. The average molecular weight is 317 g/mol. The third-order valence-corrected chi connectivity index (χ3v) is 2.98. The molecule has 0 radical (unpaired) electrons. The largest absolute Gasteiger partial charge is 0.489 e. The summed E-state index contributed by atoms with van der Waals surface area (Å²) in [4.78, 5) is 0. The van der Waals surface area contributed by atoms with Gasteiger partial charge in [-0.2, -0.15) is 0 Å². The third-order valence-electron chi connectivity index (χ3n) is 2.34. The van der Waals surface area contributed by atoms with Crippen LogP contribution in [0.4, 0.5) is 13.2 Å². The molecular weight excluding hydrogens is 309 g/mol. The van der Waals surface area contributed by atoms with E-state index in [9.17, 15) is 13.2 Å². The van der Waals surface area contributed by atoms with Gasteiger partial charge in [-0.25, -0.2) is 13.2 Å². The first-order chi connectivity index (χ1) is 8.58. The highest BCUT2D eigenvalue weighted by Crippen LogP contribution is 2.22. The van der Waals surface area contributed by atoms with E-state index in [2.05, 4.69) is 15.9 Å². The summed E-state index contributed by atoms with van der Waals surface area (Å²) in [7, 11) is 0. The molecule has 2 aromatic carbocycles. The Balaban J connectivity index is 2.14. The van der Waals surface area contributed by atoms with Crippen LogP contribution in [0.2, 0.25) is 0 Å². The maximum Gasteiger partial charge on any atom is 0.141 e. The van der Waals surface area contributed by atoms with Crippen LogP contribution in [0, 0.1) is 17.5 Å². The van der Waals surface area contributed by atoms with Gasteiger partial charge in [-0.05, 0) is 40.2 Å². The summed E-state index contributed by atoms with van der Waals surface area (Å²) in [5, 5.41) is 0. The minimum Gasteiger partial charge on any atom is -0.489 e. The number of benzene rings is 2. The van der Waals surface area contributed by atoms with E-state index in [1.807, 2.05) is 0 Å². The zero-order chi connectivity index (χ0) is 13.1. The molecule has 0 saturated carbocycles. The number of hydrogen-bond acceptors (Lipinski definition) is 1. The van der Waals surface area contributed by atoms with Crippen molar-refractivity contribution in [1.82, 2.24) is 0 Å². The van der Waals surface area contributed by atoms with Crippen LogP contribution in [-0.2, 0) is 6.61 Å². The summed E-state index contributed by atoms with van der Waals surface area (Å²) in [5.74, 6) is -1.67. The van der Waals surface area contributed by atoms with Crippen LogP contribution in [0.15, 0.2) is 40.9 Å². The smallest absolute Gasteiger partial charge is 0.141 e. The fourth-order valence-electron chi connectivity index (χ4n) is 1.39.